The molecule has 0 aliphatic rings. The van der Waals surface area contributed by atoms with Crippen LogP contribution in [0.2, 0.25) is 0 Å². The van der Waals surface area contributed by atoms with E-state index >= 15 is 0 Å². The lowest BCUT2D eigenvalue weighted by Crippen LogP contribution is -2.13. The van der Waals surface area contributed by atoms with Gasteiger partial charge in [-0.2, -0.15) is 0 Å². The Bertz CT molecular complexity index is 1250. The molecule has 4 rings (SSSR count). The van der Waals surface area contributed by atoms with Crippen LogP contribution in [-0.4, -0.2) is 0 Å². The highest BCUT2D eigenvalue weighted by molar-refractivity contribution is 6.06. The van der Waals surface area contributed by atoms with E-state index in [-0.39, 0.29) is 5.82 Å². The molecule has 0 aliphatic heterocycles. The zero-order valence-corrected chi connectivity index (χ0v) is 17.6. The monoisotopic (exact) mass is 399 g/mol. The van der Waals surface area contributed by atoms with Crippen LogP contribution in [0.1, 0.15) is 30.5 Å². The SMILES string of the molecule is Cc1c(CN/C(=C\C=C/C(C)C)c2ccccc2F)ccc2c1oc1ccccc12. The molecule has 3 heteroatoms. The van der Waals surface area contributed by atoms with Crippen molar-refractivity contribution in [3.05, 3.63) is 101 Å². The highest BCUT2D eigenvalue weighted by Gasteiger charge is 2.12. The molecule has 0 aliphatic carbocycles. The molecule has 0 amide bonds. The van der Waals surface area contributed by atoms with Gasteiger partial charge in [0.25, 0.3) is 0 Å². The number of nitrogens with one attached hydrogen (secondary N) is 1. The molecule has 1 aromatic heterocycles. The molecule has 1 heterocycles. The fraction of sp³-hybridized carbons (Fsp3) is 0.185. The molecule has 152 valence electrons. The van der Waals surface area contributed by atoms with Gasteiger partial charge in [0, 0.05) is 28.6 Å². The van der Waals surface area contributed by atoms with Gasteiger partial charge in [-0.1, -0.05) is 68.5 Å². The van der Waals surface area contributed by atoms with E-state index in [1.165, 1.54) is 6.07 Å². The van der Waals surface area contributed by atoms with E-state index in [9.17, 15) is 4.39 Å². The molecule has 0 radical (unpaired) electrons. The summed E-state index contributed by atoms with van der Waals surface area (Å²) in [4.78, 5) is 0. The van der Waals surface area contributed by atoms with Gasteiger partial charge in [0.15, 0.2) is 0 Å². The summed E-state index contributed by atoms with van der Waals surface area (Å²) < 4.78 is 20.5. The molecule has 0 saturated heterocycles. The third kappa shape index (κ3) is 4.02. The molecule has 1 N–H and O–H groups in total. The molecule has 4 aromatic rings. The summed E-state index contributed by atoms with van der Waals surface area (Å²) >= 11 is 0. The lowest BCUT2D eigenvalue weighted by atomic mass is 10.0. The van der Waals surface area contributed by atoms with Crippen LogP contribution >= 0.6 is 0 Å². The number of fused-ring (bicyclic) bond motifs is 3. The van der Waals surface area contributed by atoms with Crippen molar-refractivity contribution >= 4 is 27.6 Å². The van der Waals surface area contributed by atoms with Crippen molar-refractivity contribution in [3.8, 4) is 0 Å². The van der Waals surface area contributed by atoms with Crippen LogP contribution in [-0.2, 0) is 6.54 Å². The van der Waals surface area contributed by atoms with Gasteiger partial charge < -0.3 is 9.73 Å². The Hall–Kier alpha value is -3.33. The molecule has 0 fully saturated rings. The number of hydrogen-bond donors (Lipinski definition) is 1. The summed E-state index contributed by atoms with van der Waals surface area (Å²) in [7, 11) is 0. The number of hydrogen-bond acceptors (Lipinski definition) is 2. The van der Waals surface area contributed by atoms with Crippen LogP contribution in [0.15, 0.2) is 83.3 Å². The van der Waals surface area contributed by atoms with E-state index in [1.54, 1.807) is 12.1 Å². The van der Waals surface area contributed by atoms with Gasteiger partial charge >= 0.3 is 0 Å². The molecule has 0 saturated carbocycles. The Morgan fingerprint density at radius 2 is 1.77 bits per heavy atom. The Labute approximate surface area is 176 Å². The first kappa shape index (κ1) is 20.0. The first-order chi connectivity index (χ1) is 14.5. The number of benzene rings is 3. The highest BCUT2D eigenvalue weighted by atomic mass is 19.1. The van der Waals surface area contributed by atoms with Crippen LogP contribution in [0.5, 0.6) is 0 Å². The summed E-state index contributed by atoms with van der Waals surface area (Å²) in [5, 5.41) is 5.68. The summed E-state index contributed by atoms with van der Waals surface area (Å²) in [6, 6.07) is 19.2. The molecule has 0 spiro atoms. The third-order valence-corrected chi connectivity index (χ3v) is 5.30. The zero-order valence-electron chi connectivity index (χ0n) is 17.6. The van der Waals surface area contributed by atoms with E-state index < -0.39 is 0 Å². The molecule has 30 heavy (non-hydrogen) atoms. The Morgan fingerprint density at radius 1 is 1.00 bits per heavy atom. The minimum Gasteiger partial charge on any atom is -0.456 e. The average molecular weight is 400 g/mol. The number of allylic oxidation sites excluding steroid dienone is 3. The Morgan fingerprint density at radius 3 is 2.57 bits per heavy atom. The van der Waals surface area contributed by atoms with Crippen molar-refractivity contribution in [3.63, 3.8) is 0 Å². The largest absolute Gasteiger partial charge is 0.456 e. The van der Waals surface area contributed by atoms with Gasteiger partial charge in [-0.25, -0.2) is 4.39 Å². The molecular formula is C27H26FNO. The third-order valence-electron chi connectivity index (χ3n) is 5.30. The van der Waals surface area contributed by atoms with Gasteiger partial charge in [-0.3, -0.25) is 0 Å². The Balaban J connectivity index is 1.66. The van der Waals surface area contributed by atoms with Crippen molar-refractivity contribution in [1.29, 1.82) is 0 Å². The second-order valence-corrected chi connectivity index (χ2v) is 7.87. The second-order valence-electron chi connectivity index (χ2n) is 7.87. The zero-order chi connectivity index (χ0) is 21.1. The van der Waals surface area contributed by atoms with Crippen molar-refractivity contribution in [2.24, 2.45) is 5.92 Å². The van der Waals surface area contributed by atoms with E-state index in [0.29, 0.717) is 18.0 Å². The molecule has 0 atom stereocenters. The van der Waals surface area contributed by atoms with Crippen molar-refractivity contribution < 1.29 is 8.81 Å². The normalized spacial score (nSPS) is 12.5. The predicted octanol–water partition coefficient (Wildman–Crippen LogP) is 7.38. The molecule has 3 aromatic carbocycles. The number of furan rings is 1. The first-order valence-corrected chi connectivity index (χ1v) is 10.3. The van der Waals surface area contributed by atoms with Crippen molar-refractivity contribution in [1.82, 2.24) is 5.32 Å². The van der Waals surface area contributed by atoms with Crippen LogP contribution in [0, 0.1) is 18.7 Å². The van der Waals surface area contributed by atoms with Crippen LogP contribution in [0.3, 0.4) is 0 Å². The smallest absolute Gasteiger partial charge is 0.138 e. The number of para-hydroxylation sites is 1. The van der Waals surface area contributed by atoms with Crippen LogP contribution in [0.4, 0.5) is 4.39 Å². The van der Waals surface area contributed by atoms with Crippen LogP contribution < -0.4 is 5.32 Å². The van der Waals surface area contributed by atoms with Gasteiger partial charge in [0.2, 0.25) is 0 Å². The standard InChI is InChI=1S/C27H26FNO/c1-18(2)9-8-13-25(23-11-4-6-12-24(23)28)29-17-20-15-16-22-21-10-5-7-14-26(21)30-27(22)19(20)3/h4-16,18,29H,17H2,1-3H3/b9-8-,25-13-. The van der Waals surface area contributed by atoms with Crippen LogP contribution in [0.25, 0.3) is 27.6 Å². The molecule has 0 bridgehead atoms. The topological polar surface area (TPSA) is 25.2 Å². The lowest BCUT2D eigenvalue weighted by Gasteiger charge is -2.14. The van der Waals surface area contributed by atoms with E-state index in [2.05, 4.69) is 50.4 Å². The maximum absolute atomic E-state index is 14.4. The minimum atomic E-state index is -0.237. The fourth-order valence-electron chi connectivity index (χ4n) is 3.64. The summed E-state index contributed by atoms with van der Waals surface area (Å²) in [5.41, 5.74) is 5.35. The summed E-state index contributed by atoms with van der Waals surface area (Å²) in [5.74, 6) is 0.194. The number of aryl methyl sites for hydroxylation is 1. The first-order valence-electron chi connectivity index (χ1n) is 10.3. The van der Waals surface area contributed by atoms with Crippen molar-refractivity contribution in [2.75, 3.05) is 0 Å². The summed E-state index contributed by atoms with van der Waals surface area (Å²) in [6.07, 6.45) is 6.01. The van der Waals surface area contributed by atoms with Gasteiger partial charge in [0.1, 0.15) is 17.0 Å². The van der Waals surface area contributed by atoms with Gasteiger partial charge in [0.05, 0.1) is 0 Å². The van der Waals surface area contributed by atoms with E-state index in [0.717, 1.165) is 38.8 Å². The van der Waals surface area contributed by atoms with E-state index in [1.807, 2.05) is 36.4 Å². The second kappa shape index (κ2) is 8.58. The molecular weight excluding hydrogens is 373 g/mol. The fourth-order valence-corrected chi connectivity index (χ4v) is 3.64. The van der Waals surface area contributed by atoms with E-state index in [4.69, 9.17) is 4.42 Å². The average Bonchev–Trinajstić information content (AvgIpc) is 3.12. The summed E-state index contributed by atoms with van der Waals surface area (Å²) in [6.45, 7) is 6.89. The number of rotatable bonds is 6. The minimum absolute atomic E-state index is 0.237. The molecule has 0 unspecified atom stereocenters. The van der Waals surface area contributed by atoms with Crippen molar-refractivity contribution in [2.45, 2.75) is 27.3 Å². The van der Waals surface area contributed by atoms with Gasteiger partial charge in [-0.15, -0.1) is 0 Å². The highest BCUT2D eigenvalue weighted by Crippen LogP contribution is 2.32. The molecule has 2 nitrogen and oxygen atoms in total. The number of halogens is 1. The maximum atomic E-state index is 14.4. The maximum Gasteiger partial charge on any atom is 0.138 e. The van der Waals surface area contributed by atoms with Gasteiger partial charge in [-0.05, 0) is 48.2 Å². The quantitative estimate of drug-likeness (QED) is 0.342. The lowest BCUT2D eigenvalue weighted by molar-refractivity contribution is 0.621. The Kier molecular flexibility index (Phi) is 5.71. The predicted molar refractivity (Wildman–Crippen MR) is 124 cm³/mol.